The zero-order chi connectivity index (χ0) is 19.0. The van der Waals surface area contributed by atoms with Crippen molar-refractivity contribution >= 4 is 5.91 Å². The smallest absolute Gasteiger partial charge is 0.253 e. The van der Waals surface area contributed by atoms with Crippen molar-refractivity contribution < 1.29 is 14.6 Å². The number of aromatic nitrogens is 3. The van der Waals surface area contributed by atoms with Gasteiger partial charge in [-0.25, -0.2) is 4.68 Å². The van der Waals surface area contributed by atoms with Crippen LogP contribution in [0.2, 0.25) is 0 Å². The van der Waals surface area contributed by atoms with Gasteiger partial charge in [0.05, 0.1) is 36.2 Å². The molecule has 2 aliphatic heterocycles. The van der Waals surface area contributed by atoms with Gasteiger partial charge in [-0.05, 0) is 50.8 Å². The topological polar surface area (TPSA) is 80.5 Å². The van der Waals surface area contributed by atoms with Crippen molar-refractivity contribution in [3.8, 4) is 0 Å². The summed E-state index contributed by atoms with van der Waals surface area (Å²) in [6.45, 7) is 5.34. The van der Waals surface area contributed by atoms with Crippen LogP contribution in [-0.4, -0.2) is 55.7 Å². The Bertz CT molecular complexity index is 827. The summed E-state index contributed by atoms with van der Waals surface area (Å²) in [6.07, 6.45) is 3.91. The molecule has 4 rings (SSSR count). The predicted molar refractivity (Wildman–Crippen MR) is 99.2 cm³/mol. The van der Waals surface area contributed by atoms with E-state index in [1.807, 2.05) is 33.8 Å². The number of benzene rings is 1. The summed E-state index contributed by atoms with van der Waals surface area (Å²) in [7, 11) is 0. The maximum Gasteiger partial charge on any atom is 0.253 e. The zero-order valence-electron chi connectivity index (χ0n) is 15.8. The summed E-state index contributed by atoms with van der Waals surface area (Å²) in [6, 6.07) is 7.87. The van der Waals surface area contributed by atoms with Crippen LogP contribution in [-0.2, 0) is 17.8 Å². The molecule has 1 saturated heterocycles. The van der Waals surface area contributed by atoms with Gasteiger partial charge in [0.1, 0.15) is 0 Å². The van der Waals surface area contributed by atoms with Crippen LogP contribution in [0, 0.1) is 0 Å². The summed E-state index contributed by atoms with van der Waals surface area (Å²) >= 11 is 0. The second kappa shape index (κ2) is 7.05. The normalized spacial score (nSPS) is 22.3. The Hall–Kier alpha value is -2.25. The average Bonchev–Trinajstić information content (AvgIpc) is 3.14. The lowest BCUT2D eigenvalue weighted by molar-refractivity contribution is -0.0627. The molecule has 2 atom stereocenters. The molecular formula is C20H26N4O3. The van der Waals surface area contributed by atoms with Gasteiger partial charge in [-0.1, -0.05) is 17.3 Å². The number of nitrogens with zero attached hydrogens (tertiary/aromatic N) is 4. The highest BCUT2D eigenvalue weighted by Gasteiger charge is 2.37. The van der Waals surface area contributed by atoms with Gasteiger partial charge in [0, 0.05) is 18.7 Å². The second-order valence-corrected chi connectivity index (χ2v) is 8.14. The van der Waals surface area contributed by atoms with E-state index in [1.54, 1.807) is 20.0 Å². The first kappa shape index (κ1) is 18.1. The third-order valence-corrected chi connectivity index (χ3v) is 5.42. The first-order chi connectivity index (χ1) is 12.9. The number of carbonyl (C=O) groups excluding carboxylic acids is 1. The van der Waals surface area contributed by atoms with Gasteiger partial charge in [-0.3, -0.25) is 4.79 Å². The van der Waals surface area contributed by atoms with E-state index in [2.05, 4.69) is 10.3 Å². The van der Waals surface area contributed by atoms with Gasteiger partial charge in [-0.2, -0.15) is 0 Å². The van der Waals surface area contributed by atoms with Crippen LogP contribution in [0.1, 0.15) is 54.3 Å². The highest BCUT2D eigenvalue weighted by atomic mass is 16.5. The van der Waals surface area contributed by atoms with E-state index in [9.17, 15) is 9.90 Å². The molecule has 1 aromatic carbocycles. The minimum Gasteiger partial charge on any atom is -0.390 e. The first-order valence-electron chi connectivity index (χ1n) is 9.52. The van der Waals surface area contributed by atoms with Crippen molar-refractivity contribution in [2.45, 2.75) is 57.5 Å². The van der Waals surface area contributed by atoms with Crippen LogP contribution in [0.4, 0.5) is 0 Å². The Kier molecular flexibility index (Phi) is 4.74. The van der Waals surface area contributed by atoms with Crippen molar-refractivity contribution in [3.05, 3.63) is 47.3 Å². The fourth-order valence-electron chi connectivity index (χ4n) is 3.86. The van der Waals surface area contributed by atoms with Crippen LogP contribution in [0.5, 0.6) is 0 Å². The number of hydrogen-bond acceptors (Lipinski definition) is 5. The molecule has 0 bridgehead atoms. The molecule has 1 fully saturated rings. The van der Waals surface area contributed by atoms with E-state index in [-0.39, 0.29) is 18.1 Å². The Morgan fingerprint density at radius 1 is 1.41 bits per heavy atom. The predicted octanol–water partition coefficient (Wildman–Crippen LogP) is 1.97. The summed E-state index contributed by atoms with van der Waals surface area (Å²) in [5, 5.41) is 18.1. The minimum atomic E-state index is -0.708. The SMILES string of the molecule is CC(C)(O)CCc1cccc(C(=O)N2CC[C@H]3[C@H](C2)OCc2cnnn23)c1. The van der Waals surface area contributed by atoms with Gasteiger partial charge < -0.3 is 14.7 Å². The molecule has 0 spiro atoms. The molecule has 7 nitrogen and oxygen atoms in total. The third kappa shape index (κ3) is 3.89. The lowest BCUT2D eigenvalue weighted by atomic mass is 9.96. The van der Waals surface area contributed by atoms with Crippen molar-refractivity contribution in [3.63, 3.8) is 0 Å². The second-order valence-electron chi connectivity index (χ2n) is 8.14. The zero-order valence-corrected chi connectivity index (χ0v) is 15.8. The lowest BCUT2D eigenvalue weighted by Gasteiger charge is -2.41. The van der Waals surface area contributed by atoms with Crippen LogP contribution in [0.15, 0.2) is 30.5 Å². The van der Waals surface area contributed by atoms with Crippen LogP contribution < -0.4 is 0 Å². The Morgan fingerprint density at radius 2 is 2.26 bits per heavy atom. The van der Waals surface area contributed by atoms with E-state index < -0.39 is 5.60 Å². The molecule has 7 heteroatoms. The van der Waals surface area contributed by atoms with E-state index in [1.165, 1.54) is 0 Å². The fourth-order valence-corrected chi connectivity index (χ4v) is 3.86. The summed E-state index contributed by atoms with van der Waals surface area (Å²) in [5.41, 5.74) is 2.05. The van der Waals surface area contributed by atoms with Gasteiger partial charge in [-0.15, -0.1) is 5.10 Å². The number of rotatable bonds is 4. The minimum absolute atomic E-state index is 0.0338. The number of fused-ring (bicyclic) bond motifs is 3. The molecule has 0 aliphatic carbocycles. The van der Waals surface area contributed by atoms with E-state index in [4.69, 9.17) is 4.74 Å². The first-order valence-corrected chi connectivity index (χ1v) is 9.52. The molecule has 1 aromatic heterocycles. The number of ether oxygens (including phenoxy) is 1. The van der Waals surface area contributed by atoms with E-state index >= 15 is 0 Å². The molecule has 1 amide bonds. The Labute approximate surface area is 158 Å². The van der Waals surface area contributed by atoms with Gasteiger partial charge in [0.15, 0.2) is 0 Å². The molecule has 0 unspecified atom stereocenters. The average molecular weight is 370 g/mol. The van der Waals surface area contributed by atoms with Crippen molar-refractivity contribution in [1.29, 1.82) is 0 Å². The number of aryl methyl sites for hydroxylation is 1. The van der Waals surface area contributed by atoms with Gasteiger partial charge >= 0.3 is 0 Å². The summed E-state index contributed by atoms with van der Waals surface area (Å²) in [5.74, 6) is 0.0338. The summed E-state index contributed by atoms with van der Waals surface area (Å²) < 4.78 is 7.91. The van der Waals surface area contributed by atoms with Crippen LogP contribution >= 0.6 is 0 Å². The Balaban J connectivity index is 1.44. The number of piperidine rings is 1. The van der Waals surface area contributed by atoms with Crippen molar-refractivity contribution in [2.75, 3.05) is 13.1 Å². The van der Waals surface area contributed by atoms with Crippen molar-refractivity contribution in [2.24, 2.45) is 0 Å². The summed E-state index contributed by atoms with van der Waals surface area (Å²) in [4.78, 5) is 14.9. The van der Waals surface area contributed by atoms with Crippen LogP contribution in [0.25, 0.3) is 0 Å². The highest BCUT2D eigenvalue weighted by molar-refractivity contribution is 5.94. The number of hydrogen-bond donors (Lipinski definition) is 1. The number of carbonyl (C=O) groups is 1. The molecule has 27 heavy (non-hydrogen) atoms. The van der Waals surface area contributed by atoms with Crippen LogP contribution in [0.3, 0.4) is 0 Å². The monoisotopic (exact) mass is 370 g/mol. The van der Waals surface area contributed by atoms with E-state index in [0.29, 0.717) is 31.7 Å². The number of likely N-dealkylation sites (tertiary alicyclic amines) is 1. The molecule has 3 heterocycles. The molecule has 0 saturated carbocycles. The van der Waals surface area contributed by atoms with Gasteiger partial charge in [0.25, 0.3) is 5.91 Å². The molecular weight excluding hydrogens is 344 g/mol. The molecule has 2 aromatic rings. The largest absolute Gasteiger partial charge is 0.390 e. The fraction of sp³-hybridized carbons (Fsp3) is 0.550. The maximum absolute atomic E-state index is 13.0. The van der Waals surface area contributed by atoms with Gasteiger partial charge in [0.2, 0.25) is 0 Å². The lowest BCUT2D eigenvalue weighted by Crippen LogP contribution is -2.50. The molecule has 0 radical (unpaired) electrons. The quantitative estimate of drug-likeness (QED) is 0.890. The third-order valence-electron chi connectivity index (χ3n) is 5.42. The molecule has 1 N–H and O–H groups in total. The maximum atomic E-state index is 13.0. The number of amides is 1. The molecule has 144 valence electrons. The van der Waals surface area contributed by atoms with Crippen molar-refractivity contribution in [1.82, 2.24) is 19.9 Å². The number of aliphatic hydroxyl groups is 1. The highest BCUT2D eigenvalue weighted by Crippen LogP contribution is 2.31. The molecule has 2 aliphatic rings. The van der Waals surface area contributed by atoms with E-state index in [0.717, 1.165) is 24.1 Å². The standard InChI is InChI=1S/C20H26N4O3/c1-20(2,26)8-6-14-4-3-5-15(10-14)19(25)23-9-7-17-18(12-23)27-13-16-11-21-22-24(16)17/h3-5,10-11,17-18,26H,6-9,12-13H2,1-2H3/t17-,18-/m0/s1. The Morgan fingerprint density at radius 3 is 3.07 bits per heavy atom.